The van der Waals surface area contributed by atoms with Gasteiger partial charge in [0, 0.05) is 11.7 Å². The molecular formula is C13H23ClN4O. The largest absolute Gasteiger partial charge is 0.348 e. The summed E-state index contributed by atoms with van der Waals surface area (Å²) in [5, 5.41) is 10.0. The van der Waals surface area contributed by atoms with Crippen molar-refractivity contribution in [3.8, 4) is 0 Å². The van der Waals surface area contributed by atoms with Crippen molar-refractivity contribution in [1.82, 2.24) is 15.5 Å². The summed E-state index contributed by atoms with van der Waals surface area (Å²) in [5.41, 5.74) is 7.17. The summed E-state index contributed by atoms with van der Waals surface area (Å²) < 4.78 is 0. The summed E-state index contributed by atoms with van der Waals surface area (Å²) in [6, 6.07) is 2.04. The highest BCUT2D eigenvalue weighted by Crippen LogP contribution is 2.24. The Bertz CT molecular complexity index is 419. The molecule has 1 amide bonds. The number of aromatic amines is 1. The lowest BCUT2D eigenvalue weighted by Crippen LogP contribution is -2.40. The van der Waals surface area contributed by atoms with Gasteiger partial charge in [-0.1, -0.05) is 20.3 Å². The molecule has 4 N–H and O–H groups in total. The van der Waals surface area contributed by atoms with Gasteiger partial charge in [0.1, 0.15) is 5.69 Å². The lowest BCUT2D eigenvalue weighted by Gasteiger charge is -2.18. The van der Waals surface area contributed by atoms with Crippen LogP contribution in [0.3, 0.4) is 0 Å². The first-order chi connectivity index (χ1) is 8.61. The Balaban J connectivity index is 0.00000180. The number of nitrogens with zero attached hydrogens (tertiary/aromatic N) is 1. The van der Waals surface area contributed by atoms with Crippen molar-refractivity contribution < 1.29 is 4.79 Å². The highest BCUT2D eigenvalue weighted by atomic mass is 35.5. The third-order valence-electron chi connectivity index (χ3n) is 3.73. The fraction of sp³-hybridized carbons (Fsp3) is 0.692. The molecule has 1 aromatic heterocycles. The molecule has 108 valence electrons. The van der Waals surface area contributed by atoms with Crippen LogP contribution in [0.25, 0.3) is 0 Å². The van der Waals surface area contributed by atoms with Gasteiger partial charge >= 0.3 is 0 Å². The number of carbonyl (C=O) groups excluding carboxylic acids is 1. The molecule has 1 aliphatic carbocycles. The van der Waals surface area contributed by atoms with E-state index >= 15 is 0 Å². The second kappa shape index (κ2) is 6.91. The maximum atomic E-state index is 12.1. The van der Waals surface area contributed by atoms with Gasteiger partial charge in [0.25, 0.3) is 5.91 Å². The van der Waals surface area contributed by atoms with E-state index in [0.29, 0.717) is 24.1 Å². The number of aromatic nitrogens is 2. The molecule has 2 rings (SSSR count). The summed E-state index contributed by atoms with van der Waals surface area (Å²) in [7, 11) is 0. The van der Waals surface area contributed by atoms with Gasteiger partial charge in [-0.25, -0.2) is 0 Å². The van der Waals surface area contributed by atoms with Crippen LogP contribution in [0.1, 0.15) is 55.2 Å². The molecule has 1 fully saturated rings. The van der Waals surface area contributed by atoms with E-state index in [1.54, 1.807) is 0 Å². The predicted octanol–water partition coefficient (Wildman–Crippen LogP) is 1.81. The first-order valence-electron chi connectivity index (χ1n) is 6.68. The molecule has 0 saturated heterocycles. The van der Waals surface area contributed by atoms with E-state index in [0.717, 1.165) is 25.0 Å². The summed E-state index contributed by atoms with van der Waals surface area (Å²) >= 11 is 0. The summed E-state index contributed by atoms with van der Waals surface area (Å²) in [6.45, 7) is 4.77. The highest BCUT2D eigenvalue weighted by Gasteiger charge is 2.28. The average molecular weight is 287 g/mol. The molecule has 5 nitrogen and oxygen atoms in total. The number of H-pyrrole nitrogens is 1. The topological polar surface area (TPSA) is 83.8 Å². The molecule has 0 radical (unpaired) electrons. The monoisotopic (exact) mass is 286 g/mol. The van der Waals surface area contributed by atoms with Crippen molar-refractivity contribution in [2.24, 2.45) is 11.7 Å². The summed E-state index contributed by atoms with van der Waals surface area (Å²) in [6.07, 6.45) is 3.28. The normalized spacial score (nSPS) is 22.3. The van der Waals surface area contributed by atoms with Crippen molar-refractivity contribution in [2.75, 3.05) is 6.54 Å². The second-order valence-corrected chi connectivity index (χ2v) is 5.37. The standard InChI is InChI=1S/C13H22N4O.ClH/c1-8(2)11-6-12(17-16-11)13(18)15-10-5-3-4-9(10)7-14;/h6,8-10H,3-5,7,14H2,1-2H3,(H,15,18)(H,16,17);1H. The smallest absolute Gasteiger partial charge is 0.272 e. The molecule has 0 aliphatic heterocycles. The molecule has 1 heterocycles. The average Bonchev–Trinajstić information content (AvgIpc) is 2.96. The van der Waals surface area contributed by atoms with Crippen molar-refractivity contribution in [3.05, 3.63) is 17.5 Å². The molecule has 0 bridgehead atoms. The van der Waals surface area contributed by atoms with Gasteiger partial charge in [0.2, 0.25) is 0 Å². The zero-order valence-corrected chi connectivity index (χ0v) is 12.3. The Morgan fingerprint density at radius 2 is 2.32 bits per heavy atom. The molecule has 1 aliphatic rings. The van der Waals surface area contributed by atoms with Crippen molar-refractivity contribution in [3.63, 3.8) is 0 Å². The number of hydrogen-bond donors (Lipinski definition) is 3. The van der Waals surface area contributed by atoms with Gasteiger partial charge in [0.15, 0.2) is 0 Å². The fourth-order valence-electron chi connectivity index (χ4n) is 2.50. The fourth-order valence-corrected chi connectivity index (χ4v) is 2.50. The van der Waals surface area contributed by atoms with E-state index in [2.05, 4.69) is 29.4 Å². The second-order valence-electron chi connectivity index (χ2n) is 5.37. The van der Waals surface area contributed by atoms with Gasteiger partial charge in [-0.3, -0.25) is 9.89 Å². The van der Waals surface area contributed by atoms with Crippen LogP contribution < -0.4 is 11.1 Å². The van der Waals surface area contributed by atoms with Gasteiger partial charge in [-0.15, -0.1) is 12.4 Å². The number of halogens is 1. The van der Waals surface area contributed by atoms with Crippen LogP contribution in [-0.4, -0.2) is 28.7 Å². The lowest BCUT2D eigenvalue weighted by atomic mass is 10.0. The van der Waals surface area contributed by atoms with Crippen molar-refractivity contribution in [1.29, 1.82) is 0 Å². The highest BCUT2D eigenvalue weighted by molar-refractivity contribution is 5.92. The number of rotatable bonds is 4. The van der Waals surface area contributed by atoms with Gasteiger partial charge in [0.05, 0.1) is 0 Å². The Morgan fingerprint density at radius 1 is 1.58 bits per heavy atom. The zero-order chi connectivity index (χ0) is 13.1. The maximum absolute atomic E-state index is 12.1. The first-order valence-corrected chi connectivity index (χ1v) is 6.68. The minimum atomic E-state index is -0.0940. The molecule has 0 aromatic carbocycles. The summed E-state index contributed by atoms with van der Waals surface area (Å²) in [4.78, 5) is 12.1. The minimum Gasteiger partial charge on any atom is -0.348 e. The third kappa shape index (κ3) is 3.70. The number of nitrogens with two attached hydrogens (primary N) is 1. The number of amides is 1. The van der Waals surface area contributed by atoms with Gasteiger partial charge in [-0.05, 0) is 37.3 Å². The van der Waals surface area contributed by atoms with Crippen LogP contribution in [-0.2, 0) is 0 Å². The quantitative estimate of drug-likeness (QED) is 0.789. The van der Waals surface area contributed by atoms with E-state index in [-0.39, 0.29) is 24.4 Å². The number of hydrogen-bond acceptors (Lipinski definition) is 3. The SMILES string of the molecule is CC(C)c1cc(C(=O)NC2CCCC2CN)n[nH]1.Cl. The molecule has 19 heavy (non-hydrogen) atoms. The minimum absolute atomic E-state index is 0. The molecule has 0 spiro atoms. The van der Waals surface area contributed by atoms with Crippen LogP contribution in [0.4, 0.5) is 0 Å². The molecular weight excluding hydrogens is 264 g/mol. The van der Waals surface area contributed by atoms with Gasteiger partial charge < -0.3 is 11.1 Å². The van der Waals surface area contributed by atoms with Crippen LogP contribution in [0.2, 0.25) is 0 Å². The van der Waals surface area contributed by atoms with E-state index in [1.807, 2.05) is 6.07 Å². The lowest BCUT2D eigenvalue weighted by molar-refractivity contribution is 0.0923. The van der Waals surface area contributed by atoms with E-state index in [9.17, 15) is 4.79 Å². The van der Waals surface area contributed by atoms with Crippen LogP contribution in [0.15, 0.2) is 6.07 Å². The predicted molar refractivity (Wildman–Crippen MR) is 77.6 cm³/mol. The molecule has 6 heteroatoms. The van der Waals surface area contributed by atoms with E-state index < -0.39 is 0 Å². The third-order valence-corrected chi connectivity index (χ3v) is 3.73. The van der Waals surface area contributed by atoms with E-state index in [1.165, 1.54) is 0 Å². The molecule has 2 atom stereocenters. The van der Waals surface area contributed by atoms with E-state index in [4.69, 9.17) is 5.73 Å². The molecule has 2 unspecified atom stereocenters. The van der Waals surface area contributed by atoms with Crippen molar-refractivity contribution in [2.45, 2.75) is 45.1 Å². The Morgan fingerprint density at radius 3 is 2.89 bits per heavy atom. The molecule has 1 aromatic rings. The maximum Gasteiger partial charge on any atom is 0.272 e. The number of carbonyl (C=O) groups is 1. The van der Waals surface area contributed by atoms with Gasteiger partial charge in [-0.2, -0.15) is 5.10 Å². The summed E-state index contributed by atoms with van der Waals surface area (Å²) in [5.74, 6) is 0.670. The first kappa shape index (κ1) is 16.0. The van der Waals surface area contributed by atoms with Crippen LogP contribution in [0.5, 0.6) is 0 Å². The Hall–Kier alpha value is -1.07. The Labute approximate surface area is 120 Å². The van der Waals surface area contributed by atoms with Crippen molar-refractivity contribution >= 4 is 18.3 Å². The van der Waals surface area contributed by atoms with Crippen LogP contribution >= 0.6 is 12.4 Å². The number of nitrogens with one attached hydrogen (secondary N) is 2. The zero-order valence-electron chi connectivity index (χ0n) is 11.5. The Kier molecular flexibility index (Phi) is 5.82. The molecule has 1 saturated carbocycles. The van der Waals surface area contributed by atoms with Crippen LogP contribution in [0, 0.1) is 5.92 Å².